The van der Waals surface area contributed by atoms with E-state index in [1.165, 1.54) is 12.1 Å². The predicted molar refractivity (Wildman–Crippen MR) is 77.6 cm³/mol. The predicted octanol–water partition coefficient (Wildman–Crippen LogP) is 0.920. The summed E-state index contributed by atoms with van der Waals surface area (Å²) in [6.07, 6.45) is -0.00801. The number of aliphatic hydroxyl groups is 1. The van der Waals surface area contributed by atoms with Crippen LogP contribution in [0, 0.1) is 5.82 Å². The third-order valence-electron chi connectivity index (χ3n) is 3.79. The number of likely N-dealkylation sites (N-methyl/N-ethyl adjacent to an activating group) is 1. The van der Waals surface area contributed by atoms with Gasteiger partial charge in [0.05, 0.1) is 17.0 Å². The topological polar surface area (TPSA) is 96.5 Å². The second kappa shape index (κ2) is 5.99. The zero-order chi connectivity index (χ0) is 16.6. The third kappa shape index (κ3) is 3.41. The molecule has 1 fully saturated rings. The van der Waals surface area contributed by atoms with E-state index < -0.39 is 27.5 Å². The van der Waals surface area contributed by atoms with Crippen LogP contribution < -0.4 is 0 Å². The van der Waals surface area contributed by atoms with Crippen molar-refractivity contribution in [3.63, 3.8) is 0 Å². The monoisotopic (exact) mass is 341 g/mol. The zero-order valence-corrected chi connectivity index (χ0v) is 13.2. The Balaban J connectivity index is 1.77. The van der Waals surface area contributed by atoms with Gasteiger partial charge in [-0.1, -0.05) is 5.16 Å². The van der Waals surface area contributed by atoms with Crippen molar-refractivity contribution in [3.8, 4) is 0 Å². The Kier molecular flexibility index (Phi) is 4.17. The van der Waals surface area contributed by atoms with E-state index in [2.05, 4.69) is 10.1 Å². The molecule has 124 valence electrons. The van der Waals surface area contributed by atoms with E-state index >= 15 is 0 Å². The molecule has 7 nitrogen and oxygen atoms in total. The first-order chi connectivity index (χ1) is 10.8. The van der Waals surface area contributed by atoms with Gasteiger partial charge in [0.2, 0.25) is 5.89 Å². The van der Waals surface area contributed by atoms with Crippen molar-refractivity contribution >= 4 is 9.84 Å². The van der Waals surface area contributed by atoms with E-state index in [1.54, 1.807) is 0 Å². The highest BCUT2D eigenvalue weighted by atomic mass is 32.2. The number of rotatable bonds is 4. The molecule has 2 atom stereocenters. The molecule has 0 bridgehead atoms. The van der Waals surface area contributed by atoms with Gasteiger partial charge < -0.3 is 9.63 Å². The van der Waals surface area contributed by atoms with Crippen molar-refractivity contribution in [1.82, 2.24) is 15.0 Å². The highest BCUT2D eigenvalue weighted by Gasteiger charge is 2.33. The van der Waals surface area contributed by atoms with E-state index in [0.717, 1.165) is 12.1 Å². The Morgan fingerprint density at radius 1 is 1.39 bits per heavy atom. The van der Waals surface area contributed by atoms with Crippen molar-refractivity contribution in [2.75, 3.05) is 13.6 Å². The highest BCUT2D eigenvalue weighted by molar-refractivity contribution is 7.90. The number of hydrogen-bond donors (Lipinski definition) is 1. The third-order valence-corrected chi connectivity index (χ3v) is 5.42. The number of sulfone groups is 1. The van der Waals surface area contributed by atoms with Crippen LogP contribution in [0.2, 0.25) is 0 Å². The fourth-order valence-electron chi connectivity index (χ4n) is 2.62. The average Bonchev–Trinajstić information content (AvgIpc) is 3.05. The van der Waals surface area contributed by atoms with Gasteiger partial charge in [0.25, 0.3) is 0 Å². The van der Waals surface area contributed by atoms with Gasteiger partial charge in [0, 0.05) is 6.54 Å². The first kappa shape index (κ1) is 16.0. The Morgan fingerprint density at radius 3 is 2.70 bits per heavy atom. The number of aromatic nitrogens is 2. The quantitative estimate of drug-likeness (QED) is 0.826. The maximum absolute atomic E-state index is 12.9. The van der Waals surface area contributed by atoms with Crippen LogP contribution in [0.3, 0.4) is 0 Å². The number of nitrogens with zero attached hydrogens (tertiary/aromatic N) is 3. The molecule has 0 aliphatic carbocycles. The molecular weight excluding hydrogens is 325 g/mol. The lowest BCUT2D eigenvalue weighted by atomic mass is 10.2. The zero-order valence-electron chi connectivity index (χ0n) is 12.4. The van der Waals surface area contributed by atoms with Crippen LogP contribution in [0.5, 0.6) is 0 Å². The van der Waals surface area contributed by atoms with Crippen molar-refractivity contribution in [2.45, 2.75) is 29.2 Å². The molecular formula is C14H16FN3O4S. The van der Waals surface area contributed by atoms with Crippen LogP contribution in [0.15, 0.2) is 33.7 Å². The summed E-state index contributed by atoms with van der Waals surface area (Å²) in [5.74, 6) is -0.609. The van der Waals surface area contributed by atoms with Crippen LogP contribution in [-0.4, -0.2) is 48.3 Å². The van der Waals surface area contributed by atoms with Gasteiger partial charge in [-0.15, -0.1) is 0 Å². The fraction of sp³-hybridized carbons (Fsp3) is 0.429. The van der Waals surface area contributed by atoms with Crippen molar-refractivity contribution < 1.29 is 22.4 Å². The fourth-order valence-corrected chi connectivity index (χ4v) is 3.79. The lowest BCUT2D eigenvalue weighted by Gasteiger charge is -2.13. The summed E-state index contributed by atoms with van der Waals surface area (Å²) in [5, 5.41) is 13.3. The van der Waals surface area contributed by atoms with Crippen LogP contribution in [0.1, 0.15) is 24.2 Å². The van der Waals surface area contributed by atoms with E-state index in [-0.39, 0.29) is 22.7 Å². The minimum atomic E-state index is -3.68. The molecule has 2 heterocycles. The number of halogens is 1. The van der Waals surface area contributed by atoms with E-state index in [1.807, 2.05) is 11.9 Å². The van der Waals surface area contributed by atoms with Gasteiger partial charge in [-0.25, -0.2) is 12.8 Å². The van der Waals surface area contributed by atoms with Gasteiger partial charge in [-0.2, -0.15) is 4.98 Å². The number of likely N-dealkylation sites (tertiary alicyclic amines) is 1. The summed E-state index contributed by atoms with van der Waals surface area (Å²) in [6.45, 7) is 0.496. The molecule has 0 amide bonds. The molecule has 23 heavy (non-hydrogen) atoms. The lowest BCUT2D eigenvalue weighted by Crippen LogP contribution is -2.19. The van der Waals surface area contributed by atoms with Gasteiger partial charge in [-0.3, -0.25) is 4.90 Å². The number of benzene rings is 1. The smallest absolute Gasteiger partial charge is 0.244 e. The molecule has 2 unspecified atom stereocenters. The number of β-amino-alcohol motifs (C(OH)–C–C–N with tert-alkyl or cyclic N) is 1. The Labute approximate surface area is 132 Å². The molecule has 3 rings (SSSR count). The minimum Gasteiger partial charge on any atom is -0.392 e. The normalized spacial score (nSPS) is 22.6. The van der Waals surface area contributed by atoms with Gasteiger partial charge in [0.15, 0.2) is 15.7 Å². The standard InChI is InChI=1S/C14H16FN3O4S/c1-18-7-10(19)6-12(18)14-16-13(17-22-14)8-23(20,21)11-4-2-9(15)3-5-11/h2-5,10,12,19H,6-8H2,1H3. The molecule has 0 saturated carbocycles. The highest BCUT2D eigenvalue weighted by Crippen LogP contribution is 2.29. The van der Waals surface area contributed by atoms with E-state index in [0.29, 0.717) is 13.0 Å². The van der Waals surface area contributed by atoms with Crippen LogP contribution in [0.4, 0.5) is 4.39 Å². The molecule has 0 spiro atoms. The van der Waals surface area contributed by atoms with Crippen LogP contribution >= 0.6 is 0 Å². The summed E-state index contributed by atoms with van der Waals surface area (Å²) >= 11 is 0. The van der Waals surface area contributed by atoms with Crippen molar-refractivity contribution in [1.29, 1.82) is 0 Å². The first-order valence-electron chi connectivity index (χ1n) is 7.04. The summed E-state index contributed by atoms with van der Waals surface area (Å²) in [4.78, 5) is 5.99. The first-order valence-corrected chi connectivity index (χ1v) is 8.69. The SMILES string of the molecule is CN1CC(O)CC1c1nc(CS(=O)(=O)c2ccc(F)cc2)no1. The van der Waals surface area contributed by atoms with Crippen LogP contribution in [0.25, 0.3) is 0 Å². The molecule has 1 saturated heterocycles. The number of hydrogen-bond acceptors (Lipinski definition) is 7. The van der Waals surface area contributed by atoms with Gasteiger partial charge >= 0.3 is 0 Å². The maximum atomic E-state index is 12.9. The maximum Gasteiger partial charge on any atom is 0.244 e. The molecule has 1 N–H and O–H groups in total. The van der Waals surface area contributed by atoms with Gasteiger partial charge in [0.1, 0.15) is 11.6 Å². The molecule has 0 radical (unpaired) electrons. The average molecular weight is 341 g/mol. The Bertz CT molecular complexity index is 791. The second-order valence-electron chi connectivity index (χ2n) is 5.61. The molecule has 1 aliphatic heterocycles. The minimum absolute atomic E-state index is 0.00124. The Morgan fingerprint density at radius 2 is 2.09 bits per heavy atom. The summed E-state index contributed by atoms with van der Waals surface area (Å²) in [7, 11) is -1.86. The molecule has 2 aromatic rings. The van der Waals surface area contributed by atoms with Crippen molar-refractivity contribution in [3.05, 3.63) is 41.8 Å². The second-order valence-corrected chi connectivity index (χ2v) is 7.60. The van der Waals surface area contributed by atoms with E-state index in [4.69, 9.17) is 4.52 Å². The molecule has 1 aliphatic rings. The van der Waals surface area contributed by atoms with Crippen LogP contribution in [-0.2, 0) is 15.6 Å². The number of aliphatic hydroxyl groups excluding tert-OH is 1. The summed E-state index contributed by atoms with van der Waals surface area (Å²) in [6, 6.07) is 4.35. The lowest BCUT2D eigenvalue weighted by molar-refractivity contribution is 0.182. The summed E-state index contributed by atoms with van der Waals surface area (Å²) < 4.78 is 42.5. The Hall–Kier alpha value is -1.84. The largest absolute Gasteiger partial charge is 0.392 e. The van der Waals surface area contributed by atoms with Crippen molar-refractivity contribution in [2.24, 2.45) is 0 Å². The van der Waals surface area contributed by atoms with Gasteiger partial charge in [-0.05, 0) is 37.7 Å². The van der Waals surface area contributed by atoms with E-state index in [9.17, 15) is 17.9 Å². The summed E-state index contributed by atoms with van der Waals surface area (Å²) in [5.41, 5.74) is 0. The molecule has 1 aromatic carbocycles. The molecule has 9 heteroatoms. The molecule has 1 aromatic heterocycles.